The molecule has 8 heteroatoms. The van der Waals surface area contributed by atoms with Gasteiger partial charge in [0.05, 0.1) is 23.1 Å². The molecule has 32 heavy (non-hydrogen) atoms. The van der Waals surface area contributed by atoms with Crippen LogP contribution in [0.4, 0.5) is 5.69 Å². The summed E-state index contributed by atoms with van der Waals surface area (Å²) in [6.07, 6.45) is 0. The number of anilines is 1. The molecule has 1 heterocycles. The van der Waals surface area contributed by atoms with Crippen molar-refractivity contribution >= 4 is 29.3 Å². The second kappa shape index (κ2) is 10.3. The second-order valence-corrected chi connectivity index (χ2v) is 8.60. The number of thioether (sulfide) groups is 1. The van der Waals surface area contributed by atoms with Crippen molar-refractivity contribution in [1.29, 1.82) is 0 Å². The third kappa shape index (κ3) is 5.64. The molecule has 166 valence electrons. The number of hydrogen-bond donors (Lipinski definition) is 1. The van der Waals surface area contributed by atoms with E-state index in [0.717, 1.165) is 11.1 Å². The van der Waals surface area contributed by atoms with E-state index in [-0.39, 0.29) is 18.1 Å². The van der Waals surface area contributed by atoms with Crippen LogP contribution in [-0.2, 0) is 9.53 Å². The van der Waals surface area contributed by atoms with Crippen LogP contribution in [0.3, 0.4) is 0 Å². The van der Waals surface area contributed by atoms with Crippen molar-refractivity contribution in [3.8, 4) is 5.69 Å². The lowest BCUT2D eigenvalue weighted by Crippen LogP contribution is -2.24. The Bertz CT molecular complexity index is 1210. The number of amides is 1. The standard InChI is InChI=1S/C24H25N3O4S/c1-5-31-24(30)18-7-6-8-19(14-18)25-23(29)17(4)32-21-11-12-22(28)27(26-21)20-10-9-15(2)16(3)13-20/h6-14,17H,5H2,1-4H3,(H,25,29)/t17-/m0/s1. The monoisotopic (exact) mass is 451 g/mol. The van der Waals surface area contributed by atoms with E-state index in [1.165, 1.54) is 22.5 Å². The third-order valence-corrected chi connectivity index (χ3v) is 5.85. The maximum atomic E-state index is 12.7. The quantitative estimate of drug-likeness (QED) is 0.429. The van der Waals surface area contributed by atoms with Gasteiger partial charge in [-0.15, -0.1) is 0 Å². The fourth-order valence-electron chi connectivity index (χ4n) is 2.92. The Morgan fingerprint density at radius 1 is 1.09 bits per heavy atom. The minimum Gasteiger partial charge on any atom is -0.462 e. The fraction of sp³-hybridized carbons (Fsp3) is 0.250. The maximum absolute atomic E-state index is 12.7. The summed E-state index contributed by atoms with van der Waals surface area (Å²) in [5, 5.41) is 7.29. The molecule has 0 aliphatic rings. The van der Waals surface area contributed by atoms with Gasteiger partial charge in [0.1, 0.15) is 5.03 Å². The van der Waals surface area contributed by atoms with Gasteiger partial charge < -0.3 is 10.1 Å². The molecule has 3 aromatic rings. The zero-order valence-electron chi connectivity index (χ0n) is 18.4. The number of aromatic nitrogens is 2. The van der Waals surface area contributed by atoms with Crippen LogP contribution < -0.4 is 10.9 Å². The normalized spacial score (nSPS) is 11.6. The minimum absolute atomic E-state index is 0.245. The first-order valence-electron chi connectivity index (χ1n) is 10.2. The SMILES string of the molecule is CCOC(=O)c1cccc(NC(=O)[C@H](C)Sc2ccc(=O)n(-c3ccc(C)c(C)c3)n2)c1. The van der Waals surface area contributed by atoms with Gasteiger partial charge in [0.2, 0.25) is 5.91 Å². The molecule has 0 aliphatic carbocycles. The molecule has 0 unspecified atom stereocenters. The highest BCUT2D eigenvalue weighted by atomic mass is 32.2. The predicted octanol–water partition coefficient (Wildman–Crippen LogP) is 4.15. The number of rotatable bonds is 7. The first kappa shape index (κ1) is 23.3. The maximum Gasteiger partial charge on any atom is 0.338 e. The van der Waals surface area contributed by atoms with Crippen molar-refractivity contribution in [2.24, 2.45) is 0 Å². The largest absolute Gasteiger partial charge is 0.462 e. The summed E-state index contributed by atoms with van der Waals surface area (Å²) >= 11 is 1.24. The summed E-state index contributed by atoms with van der Waals surface area (Å²) in [4.78, 5) is 36.9. The minimum atomic E-state index is -0.487. The summed E-state index contributed by atoms with van der Waals surface area (Å²) in [6.45, 7) is 7.75. The van der Waals surface area contributed by atoms with Crippen LogP contribution in [0, 0.1) is 13.8 Å². The van der Waals surface area contributed by atoms with E-state index in [1.54, 1.807) is 44.2 Å². The fourth-order valence-corrected chi connectivity index (χ4v) is 3.72. The zero-order valence-corrected chi connectivity index (χ0v) is 19.2. The highest BCUT2D eigenvalue weighted by molar-refractivity contribution is 8.00. The second-order valence-electron chi connectivity index (χ2n) is 7.24. The molecule has 3 rings (SSSR count). The average molecular weight is 452 g/mol. The summed E-state index contributed by atoms with van der Waals surface area (Å²) in [5.74, 6) is -0.689. The molecular formula is C24H25N3O4S. The Morgan fingerprint density at radius 3 is 2.59 bits per heavy atom. The first-order chi connectivity index (χ1) is 15.3. The summed E-state index contributed by atoms with van der Waals surface area (Å²) in [6, 6.07) is 15.3. The van der Waals surface area contributed by atoms with Crippen LogP contribution in [0.1, 0.15) is 35.3 Å². The number of esters is 1. The number of benzene rings is 2. The molecule has 1 aromatic heterocycles. The van der Waals surface area contributed by atoms with E-state index in [9.17, 15) is 14.4 Å². The number of nitrogens with zero attached hydrogens (tertiary/aromatic N) is 2. The van der Waals surface area contributed by atoms with Gasteiger partial charge in [-0.3, -0.25) is 9.59 Å². The molecule has 1 N–H and O–H groups in total. The van der Waals surface area contributed by atoms with Gasteiger partial charge in [-0.05, 0) is 75.2 Å². The van der Waals surface area contributed by atoms with Crippen molar-refractivity contribution in [3.05, 3.63) is 81.6 Å². The molecule has 0 aliphatic heterocycles. The van der Waals surface area contributed by atoms with E-state index in [1.807, 2.05) is 32.0 Å². The number of nitrogens with one attached hydrogen (secondary N) is 1. The molecule has 0 saturated carbocycles. The molecule has 7 nitrogen and oxygen atoms in total. The van der Waals surface area contributed by atoms with Gasteiger partial charge >= 0.3 is 5.97 Å². The number of carbonyl (C=O) groups excluding carboxylic acids is 2. The molecule has 0 saturated heterocycles. The van der Waals surface area contributed by atoms with E-state index >= 15 is 0 Å². The van der Waals surface area contributed by atoms with Gasteiger partial charge in [-0.25, -0.2) is 4.79 Å². The van der Waals surface area contributed by atoms with E-state index in [0.29, 0.717) is 22.0 Å². The number of aryl methyl sites for hydroxylation is 2. The topological polar surface area (TPSA) is 90.3 Å². The molecule has 1 amide bonds. The van der Waals surface area contributed by atoms with Crippen molar-refractivity contribution < 1.29 is 14.3 Å². The summed E-state index contributed by atoms with van der Waals surface area (Å²) < 4.78 is 6.33. The summed E-state index contributed by atoms with van der Waals surface area (Å²) in [5.41, 5.74) is 3.49. The third-order valence-electron chi connectivity index (χ3n) is 4.82. The summed E-state index contributed by atoms with van der Waals surface area (Å²) in [7, 11) is 0. The van der Waals surface area contributed by atoms with Crippen LogP contribution in [0.5, 0.6) is 0 Å². The van der Waals surface area contributed by atoms with Gasteiger partial charge in [0.25, 0.3) is 5.56 Å². The number of hydrogen-bond acceptors (Lipinski definition) is 6. The van der Waals surface area contributed by atoms with Crippen molar-refractivity contribution in [2.75, 3.05) is 11.9 Å². The van der Waals surface area contributed by atoms with Crippen molar-refractivity contribution in [1.82, 2.24) is 9.78 Å². The smallest absolute Gasteiger partial charge is 0.338 e. The highest BCUT2D eigenvalue weighted by Crippen LogP contribution is 2.23. The molecule has 2 aromatic carbocycles. The van der Waals surface area contributed by atoms with Crippen LogP contribution in [0.2, 0.25) is 0 Å². The van der Waals surface area contributed by atoms with Crippen molar-refractivity contribution in [3.63, 3.8) is 0 Å². The van der Waals surface area contributed by atoms with Crippen LogP contribution in [-0.4, -0.2) is 33.5 Å². The van der Waals surface area contributed by atoms with Crippen molar-refractivity contribution in [2.45, 2.75) is 38.0 Å². The Labute approximate surface area is 190 Å². The molecule has 0 bridgehead atoms. The van der Waals surface area contributed by atoms with Crippen LogP contribution in [0.25, 0.3) is 5.69 Å². The Hall–Kier alpha value is -3.39. The molecule has 1 atom stereocenters. The lowest BCUT2D eigenvalue weighted by atomic mass is 10.1. The highest BCUT2D eigenvalue weighted by Gasteiger charge is 2.17. The van der Waals surface area contributed by atoms with Gasteiger partial charge in [-0.1, -0.05) is 23.9 Å². The zero-order chi connectivity index (χ0) is 23.3. The van der Waals surface area contributed by atoms with Crippen LogP contribution in [0.15, 0.2) is 64.4 Å². The average Bonchev–Trinajstić information content (AvgIpc) is 2.77. The first-order valence-corrected chi connectivity index (χ1v) is 11.1. The van der Waals surface area contributed by atoms with Gasteiger partial charge in [0, 0.05) is 11.8 Å². The Kier molecular flexibility index (Phi) is 7.48. The molecular weight excluding hydrogens is 426 g/mol. The van der Waals surface area contributed by atoms with Crippen LogP contribution >= 0.6 is 11.8 Å². The Morgan fingerprint density at radius 2 is 1.88 bits per heavy atom. The number of ether oxygens (including phenoxy) is 1. The Balaban J connectivity index is 1.73. The molecule has 0 radical (unpaired) electrons. The number of carbonyl (C=O) groups is 2. The predicted molar refractivity (Wildman–Crippen MR) is 126 cm³/mol. The lowest BCUT2D eigenvalue weighted by molar-refractivity contribution is -0.115. The lowest BCUT2D eigenvalue weighted by Gasteiger charge is -2.13. The van der Waals surface area contributed by atoms with E-state index in [2.05, 4.69) is 10.4 Å². The van der Waals surface area contributed by atoms with E-state index in [4.69, 9.17) is 4.74 Å². The molecule has 0 spiro atoms. The van der Waals surface area contributed by atoms with Gasteiger partial charge in [0.15, 0.2) is 0 Å². The molecule has 0 fully saturated rings. The van der Waals surface area contributed by atoms with Gasteiger partial charge in [-0.2, -0.15) is 9.78 Å². The van der Waals surface area contributed by atoms with E-state index < -0.39 is 11.2 Å².